The molecule has 106 valence electrons. The van der Waals surface area contributed by atoms with Gasteiger partial charge < -0.3 is 10.6 Å². The van der Waals surface area contributed by atoms with Crippen molar-refractivity contribution in [1.29, 1.82) is 0 Å². The second-order valence-electron chi connectivity index (χ2n) is 5.70. The first-order valence-electron chi connectivity index (χ1n) is 6.66. The molecule has 0 spiro atoms. The number of nitrogens with two attached hydrogens (primary N) is 1. The molecule has 0 radical (unpaired) electrons. The Kier molecular flexibility index (Phi) is 5.67. The van der Waals surface area contributed by atoms with Gasteiger partial charge in [-0.2, -0.15) is 0 Å². The van der Waals surface area contributed by atoms with Gasteiger partial charge in [0.1, 0.15) is 0 Å². The van der Waals surface area contributed by atoms with Gasteiger partial charge in [-0.15, -0.1) is 0 Å². The molecule has 0 unspecified atom stereocenters. The van der Waals surface area contributed by atoms with Gasteiger partial charge in [0, 0.05) is 18.8 Å². The third-order valence-corrected chi connectivity index (χ3v) is 3.03. The number of hydrogen-bond donors (Lipinski definition) is 1. The van der Waals surface area contributed by atoms with E-state index in [1.165, 1.54) is 0 Å². The fourth-order valence-electron chi connectivity index (χ4n) is 2.05. The van der Waals surface area contributed by atoms with Crippen molar-refractivity contribution in [2.45, 2.75) is 27.7 Å². The van der Waals surface area contributed by atoms with Crippen LogP contribution in [0.25, 0.3) is 0 Å². The van der Waals surface area contributed by atoms with Crippen LogP contribution in [0.3, 0.4) is 0 Å². The molecule has 0 fully saturated rings. The van der Waals surface area contributed by atoms with Crippen LogP contribution >= 0.6 is 11.6 Å². The van der Waals surface area contributed by atoms with Crippen LogP contribution in [0.4, 0.5) is 5.69 Å². The average Bonchev–Trinajstić information content (AvgIpc) is 2.26. The molecule has 0 aliphatic carbocycles. The number of anilines is 1. The third kappa shape index (κ3) is 4.43. The van der Waals surface area contributed by atoms with E-state index in [-0.39, 0.29) is 5.91 Å². The summed E-state index contributed by atoms with van der Waals surface area (Å²) in [6.45, 7) is 9.80. The molecule has 0 bridgehead atoms. The van der Waals surface area contributed by atoms with E-state index in [1.54, 1.807) is 18.2 Å². The van der Waals surface area contributed by atoms with E-state index in [1.807, 2.05) is 4.90 Å². The summed E-state index contributed by atoms with van der Waals surface area (Å²) in [4.78, 5) is 14.5. The minimum Gasteiger partial charge on any atom is -0.398 e. The Morgan fingerprint density at radius 2 is 1.74 bits per heavy atom. The predicted molar refractivity (Wildman–Crippen MR) is 81.4 cm³/mol. The number of nitrogens with zero attached hydrogens (tertiary/aromatic N) is 1. The van der Waals surface area contributed by atoms with Gasteiger partial charge in [0.2, 0.25) is 0 Å². The molecular formula is C15H23ClN2O. The smallest absolute Gasteiger partial charge is 0.257 e. The van der Waals surface area contributed by atoms with Crippen LogP contribution in [0, 0.1) is 11.8 Å². The van der Waals surface area contributed by atoms with Gasteiger partial charge in [-0.1, -0.05) is 45.4 Å². The quantitative estimate of drug-likeness (QED) is 0.838. The first-order chi connectivity index (χ1) is 8.82. The molecule has 2 N–H and O–H groups in total. The Bertz CT molecular complexity index is 414. The Labute approximate surface area is 120 Å². The summed E-state index contributed by atoms with van der Waals surface area (Å²) in [5.74, 6) is 0.739. The summed E-state index contributed by atoms with van der Waals surface area (Å²) in [5.41, 5.74) is 6.75. The largest absolute Gasteiger partial charge is 0.398 e. The normalized spacial score (nSPS) is 11.1. The first-order valence-corrected chi connectivity index (χ1v) is 7.04. The molecule has 0 aliphatic heterocycles. The highest BCUT2D eigenvalue weighted by Crippen LogP contribution is 2.24. The summed E-state index contributed by atoms with van der Waals surface area (Å²) >= 11 is 6.11. The molecule has 4 heteroatoms. The molecule has 0 aliphatic rings. The molecule has 3 nitrogen and oxygen atoms in total. The topological polar surface area (TPSA) is 46.3 Å². The van der Waals surface area contributed by atoms with Crippen molar-refractivity contribution >= 4 is 23.2 Å². The maximum Gasteiger partial charge on any atom is 0.257 e. The number of carbonyl (C=O) groups excluding carboxylic acids is 1. The van der Waals surface area contributed by atoms with Crippen LogP contribution in [-0.2, 0) is 0 Å². The SMILES string of the molecule is CC(C)CN(CC(C)C)C(=O)c1c(N)cccc1Cl. The molecule has 19 heavy (non-hydrogen) atoms. The minimum atomic E-state index is -0.0782. The van der Waals surface area contributed by atoms with Crippen LogP contribution in [0.15, 0.2) is 18.2 Å². The first kappa shape index (κ1) is 15.8. The molecular weight excluding hydrogens is 260 g/mol. The van der Waals surface area contributed by atoms with Crippen molar-refractivity contribution in [2.75, 3.05) is 18.8 Å². The number of nitrogen functional groups attached to an aromatic ring is 1. The minimum absolute atomic E-state index is 0.0782. The Morgan fingerprint density at radius 1 is 1.21 bits per heavy atom. The standard InChI is InChI=1S/C15H23ClN2O/c1-10(2)8-18(9-11(3)4)15(19)14-12(16)6-5-7-13(14)17/h5-7,10-11H,8-9,17H2,1-4H3. The number of amides is 1. The van der Waals surface area contributed by atoms with E-state index in [2.05, 4.69) is 27.7 Å². The van der Waals surface area contributed by atoms with Gasteiger partial charge in [-0.05, 0) is 24.0 Å². The second-order valence-corrected chi connectivity index (χ2v) is 6.11. The summed E-state index contributed by atoms with van der Waals surface area (Å²) < 4.78 is 0. The number of halogens is 1. The summed E-state index contributed by atoms with van der Waals surface area (Å²) in [6, 6.07) is 5.17. The molecule has 1 amide bonds. The fraction of sp³-hybridized carbons (Fsp3) is 0.533. The molecule has 1 aromatic carbocycles. The predicted octanol–water partition coefficient (Wildman–Crippen LogP) is 3.68. The highest BCUT2D eigenvalue weighted by atomic mass is 35.5. The van der Waals surface area contributed by atoms with Crippen molar-refractivity contribution in [3.8, 4) is 0 Å². The van der Waals surface area contributed by atoms with Crippen LogP contribution < -0.4 is 5.73 Å². The van der Waals surface area contributed by atoms with E-state index in [4.69, 9.17) is 17.3 Å². The van der Waals surface area contributed by atoms with Crippen molar-refractivity contribution in [2.24, 2.45) is 11.8 Å². The van der Waals surface area contributed by atoms with Crippen LogP contribution in [0.1, 0.15) is 38.1 Å². The van der Waals surface area contributed by atoms with Gasteiger partial charge >= 0.3 is 0 Å². The maximum atomic E-state index is 12.6. The van der Waals surface area contributed by atoms with Crippen molar-refractivity contribution in [1.82, 2.24) is 4.90 Å². The molecule has 0 saturated carbocycles. The van der Waals surface area contributed by atoms with Crippen molar-refractivity contribution < 1.29 is 4.79 Å². The van der Waals surface area contributed by atoms with Crippen molar-refractivity contribution in [3.63, 3.8) is 0 Å². The molecule has 1 aromatic rings. The van der Waals surface area contributed by atoms with Gasteiger partial charge in [0.05, 0.1) is 10.6 Å². The highest BCUT2D eigenvalue weighted by molar-refractivity contribution is 6.34. The number of rotatable bonds is 5. The average molecular weight is 283 g/mol. The zero-order chi connectivity index (χ0) is 14.6. The number of carbonyl (C=O) groups is 1. The van der Waals surface area contributed by atoms with Gasteiger partial charge in [0.15, 0.2) is 0 Å². The van der Waals surface area contributed by atoms with E-state index >= 15 is 0 Å². The summed E-state index contributed by atoms with van der Waals surface area (Å²) in [6.07, 6.45) is 0. The molecule has 0 saturated heterocycles. The van der Waals surface area contributed by atoms with E-state index in [0.717, 1.165) is 0 Å². The molecule has 1 rings (SSSR count). The maximum absolute atomic E-state index is 12.6. The van der Waals surface area contributed by atoms with Gasteiger partial charge in [0.25, 0.3) is 5.91 Å². The summed E-state index contributed by atoms with van der Waals surface area (Å²) in [7, 11) is 0. The van der Waals surface area contributed by atoms with Gasteiger partial charge in [-0.25, -0.2) is 0 Å². The lowest BCUT2D eigenvalue weighted by Crippen LogP contribution is -2.37. The van der Waals surface area contributed by atoms with Gasteiger partial charge in [-0.3, -0.25) is 4.79 Å². The zero-order valence-corrected chi connectivity index (χ0v) is 12.9. The number of hydrogen-bond acceptors (Lipinski definition) is 2. The number of benzene rings is 1. The van der Waals surface area contributed by atoms with Crippen LogP contribution in [-0.4, -0.2) is 23.9 Å². The Balaban J connectivity index is 3.04. The lowest BCUT2D eigenvalue weighted by molar-refractivity contribution is 0.0716. The van der Waals surface area contributed by atoms with E-state index < -0.39 is 0 Å². The second kappa shape index (κ2) is 6.80. The van der Waals surface area contributed by atoms with E-state index in [9.17, 15) is 4.79 Å². The molecule has 0 atom stereocenters. The van der Waals surface area contributed by atoms with Crippen molar-refractivity contribution in [3.05, 3.63) is 28.8 Å². The fourth-order valence-corrected chi connectivity index (χ4v) is 2.31. The van der Waals surface area contributed by atoms with Crippen LogP contribution in [0.5, 0.6) is 0 Å². The lowest BCUT2D eigenvalue weighted by Gasteiger charge is -2.27. The third-order valence-electron chi connectivity index (χ3n) is 2.72. The Morgan fingerprint density at radius 3 is 2.16 bits per heavy atom. The monoisotopic (exact) mass is 282 g/mol. The Hall–Kier alpha value is -1.22. The van der Waals surface area contributed by atoms with Crippen LogP contribution in [0.2, 0.25) is 5.02 Å². The summed E-state index contributed by atoms with van der Waals surface area (Å²) in [5, 5.41) is 0.419. The van der Waals surface area contributed by atoms with E-state index in [0.29, 0.717) is 41.2 Å². The molecule has 0 aromatic heterocycles. The molecule has 0 heterocycles. The highest BCUT2D eigenvalue weighted by Gasteiger charge is 2.22. The zero-order valence-electron chi connectivity index (χ0n) is 12.1. The lowest BCUT2D eigenvalue weighted by atomic mass is 10.1.